The van der Waals surface area contributed by atoms with Gasteiger partial charge >= 0.3 is 6.18 Å². The number of hydrogen-bond acceptors (Lipinski definition) is 4. The second-order valence-corrected chi connectivity index (χ2v) is 4.52. The zero-order valence-electron chi connectivity index (χ0n) is 10.7. The van der Waals surface area contributed by atoms with E-state index in [1.54, 1.807) is 4.90 Å². The standard InChI is InChI=1S/C12H15F3N4O/c13-12(14,15)9-3-2-8(10(16)20)11(18-9)19-6-1-4-17-5-7-19/h2-3,17H,1,4-7H2,(H2,16,20). The lowest BCUT2D eigenvalue weighted by atomic mass is 10.2. The molecule has 0 bridgehead atoms. The number of rotatable bonds is 2. The van der Waals surface area contributed by atoms with E-state index in [0.717, 1.165) is 25.1 Å². The van der Waals surface area contributed by atoms with Crippen molar-refractivity contribution < 1.29 is 18.0 Å². The largest absolute Gasteiger partial charge is 0.433 e. The van der Waals surface area contributed by atoms with Crippen molar-refractivity contribution in [3.63, 3.8) is 0 Å². The Balaban J connectivity index is 2.43. The Morgan fingerprint density at radius 2 is 2.05 bits per heavy atom. The van der Waals surface area contributed by atoms with Gasteiger partial charge in [0, 0.05) is 19.6 Å². The molecule has 1 aromatic heterocycles. The van der Waals surface area contributed by atoms with Gasteiger partial charge in [-0.1, -0.05) is 0 Å². The summed E-state index contributed by atoms with van der Waals surface area (Å²) in [6.07, 6.45) is -3.79. The first kappa shape index (κ1) is 14.6. The third-order valence-corrected chi connectivity index (χ3v) is 3.07. The molecule has 0 spiro atoms. The third-order valence-electron chi connectivity index (χ3n) is 3.07. The molecule has 1 aliphatic heterocycles. The van der Waals surface area contributed by atoms with E-state index in [0.29, 0.717) is 19.6 Å². The number of amides is 1. The molecule has 1 fully saturated rings. The smallest absolute Gasteiger partial charge is 0.365 e. The minimum atomic E-state index is -4.55. The summed E-state index contributed by atoms with van der Waals surface area (Å²) in [4.78, 5) is 16.6. The summed E-state index contributed by atoms with van der Waals surface area (Å²) in [7, 11) is 0. The maximum atomic E-state index is 12.7. The van der Waals surface area contributed by atoms with Crippen LogP contribution in [0.3, 0.4) is 0 Å². The van der Waals surface area contributed by atoms with E-state index in [1.165, 1.54) is 0 Å². The van der Waals surface area contributed by atoms with Crippen LogP contribution in [-0.4, -0.2) is 37.1 Å². The minimum Gasteiger partial charge on any atom is -0.365 e. The quantitative estimate of drug-likeness (QED) is 0.851. The number of alkyl halides is 3. The summed E-state index contributed by atoms with van der Waals surface area (Å²) in [6, 6.07) is 1.87. The van der Waals surface area contributed by atoms with E-state index >= 15 is 0 Å². The van der Waals surface area contributed by atoms with Crippen molar-refractivity contribution in [1.29, 1.82) is 0 Å². The fraction of sp³-hybridized carbons (Fsp3) is 0.500. The molecular weight excluding hydrogens is 273 g/mol. The molecule has 0 aliphatic carbocycles. The molecule has 0 radical (unpaired) electrons. The molecule has 1 amide bonds. The average Bonchev–Trinajstić information content (AvgIpc) is 2.65. The Hall–Kier alpha value is -1.83. The van der Waals surface area contributed by atoms with E-state index in [9.17, 15) is 18.0 Å². The molecular formula is C12H15F3N4O. The molecule has 0 unspecified atom stereocenters. The Kier molecular flexibility index (Phi) is 4.12. The van der Waals surface area contributed by atoms with Crippen molar-refractivity contribution in [1.82, 2.24) is 10.3 Å². The third kappa shape index (κ3) is 3.19. The van der Waals surface area contributed by atoms with Gasteiger partial charge in [0.2, 0.25) is 0 Å². The van der Waals surface area contributed by atoms with Crippen LogP contribution in [-0.2, 0) is 6.18 Å². The topological polar surface area (TPSA) is 71.2 Å². The molecule has 8 heteroatoms. The Morgan fingerprint density at radius 1 is 1.30 bits per heavy atom. The van der Waals surface area contributed by atoms with Crippen LogP contribution in [0.1, 0.15) is 22.5 Å². The number of aromatic nitrogens is 1. The number of pyridine rings is 1. The maximum Gasteiger partial charge on any atom is 0.433 e. The van der Waals surface area contributed by atoms with Gasteiger partial charge in [0.05, 0.1) is 5.56 Å². The van der Waals surface area contributed by atoms with Crippen LogP contribution in [0.4, 0.5) is 19.0 Å². The lowest BCUT2D eigenvalue weighted by Gasteiger charge is -2.23. The molecule has 0 atom stereocenters. The molecule has 1 aromatic rings. The first-order chi connectivity index (χ1) is 9.39. The van der Waals surface area contributed by atoms with E-state index in [2.05, 4.69) is 10.3 Å². The molecule has 110 valence electrons. The van der Waals surface area contributed by atoms with Gasteiger partial charge in [0.1, 0.15) is 11.5 Å². The summed E-state index contributed by atoms with van der Waals surface area (Å²) < 4.78 is 38.2. The van der Waals surface area contributed by atoms with Crippen molar-refractivity contribution in [2.24, 2.45) is 5.73 Å². The van der Waals surface area contributed by atoms with Crippen LogP contribution < -0.4 is 16.0 Å². The van der Waals surface area contributed by atoms with Gasteiger partial charge in [-0.3, -0.25) is 4.79 Å². The fourth-order valence-corrected chi connectivity index (χ4v) is 2.10. The summed E-state index contributed by atoms with van der Waals surface area (Å²) >= 11 is 0. The summed E-state index contributed by atoms with van der Waals surface area (Å²) in [5, 5.41) is 3.13. The molecule has 2 heterocycles. The van der Waals surface area contributed by atoms with Gasteiger partial charge < -0.3 is 16.0 Å². The molecule has 5 nitrogen and oxygen atoms in total. The van der Waals surface area contributed by atoms with Gasteiger partial charge in [0.15, 0.2) is 0 Å². The zero-order valence-corrected chi connectivity index (χ0v) is 10.7. The summed E-state index contributed by atoms with van der Waals surface area (Å²) in [5.41, 5.74) is 4.21. The van der Waals surface area contributed by atoms with Gasteiger partial charge in [-0.05, 0) is 25.1 Å². The maximum absolute atomic E-state index is 12.7. The predicted molar refractivity (Wildman–Crippen MR) is 67.5 cm³/mol. The number of nitrogens with zero attached hydrogens (tertiary/aromatic N) is 2. The van der Waals surface area contributed by atoms with E-state index in [1.807, 2.05) is 0 Å². The molecule has 0 aromatic carbocycles. The Bertz CT molecular complexity index is 496. The first-order valence-electron chi connectivity index (χ1n) is 6.23. The molecule has 1 aliphatic rings. The second kappa shape index (κ2) is 5.66. The highest BCUT2D eigenvalue weighted by Crippen LogP contribution is 2.30. The number of carbonyl (C=O) groups excluding carboxylic acids is 1. The zero-order chi connectivity index (χ0) is 14.8. The van der Waals surface area contributed by atoms with Crippen LogP contribution >= 0.6 is 0 Å². The van der Waals surface area contributed by atoms with E-state index < -0.39 is 17.8 Å². The van der Waals surface area contributed by atoms with Gasteiger partial charge in [-0.2, -0.15) is 13.2 Å². The highest BCUT2D eigenvalue weighted by atomic mass is 19.4. The summed E-state index contributed by atoms with van der Waals surface area (Å²) in [5.74, 6) is -0.769. The van der Waals surface area contributed by atoms with Crippen molar-refractivity contribution in [3.8, 4) is 0 Å². The van der Waals surface area contributed by atoms with Gasteiger partial charge in [0.25, 0.3) is 5.91 Å². The normalized spacial score (nSPS) is 16.9. The van der Waals surface area contributed by atoms with Crippen molar-refractivity contribution in [2.45, 2.75) is 12.6 Å². The predicted octanol–water partition coefficient (Wildman–Crippen LogP) is 0.999. The van der Waals surface area contributed by atoms with Crippen molar-refractivity contribution in [2.75, 3.05) is 31.1 Å². The first-order valence-corrected chi connectivity index (χ1v) is 6.23. The molecule has 0 saturated carbocycles. The van der Waals surface area contributed by atoms with E-state index in [-0.39, 0.29) is 11.4 Å². The van der Waals surface area contributed by atoms with Crippen LogP contribution in [0.5, 0.6) is 0 Å². The van der Waals surface area contributed by atoms with Crippen molar-refractivity contribution in [3.05, 3.63) is 23.4 Å². The van der Waals surface area contributed by atoms with Crippen LogP contribution in [0.2, 0.25) is 0 Å². The molecule has 2 rings (SSSR count). The fourth-order valence-electron chi connectivity index (χ4n) is 2.10. The number of nitrogens with two attached hydrogens (primary N) is 1. The van der Waals surface area contributed by atoms with Gasteiger partial charge in [-0.25, -0.2) is 4.98 Å². The average molecular weight is 288 g/mol. The molecule has 3 N–H and O–H groups in total. The van der Waals surface area contributed by atoms with Crippen molar-refractivity contribution >= 4 is 11.7 Å². The van der Waals surface area contributed by atoms with Crippen LogP contribution in [0.25, 0.3) is 0 Å². The SMILES string of the molecule is NC(=O)c1ccc(C(F)(F)F)nc1N1CCCNCC1. The van der Waals surface area contributed by atoms with Gasteiger partial charge in [-0.15, -0.1) is 0 Å². The number of primary amides is 1. The number of carbonyl (C=O) groups is 1. The number of anilines is 1. The van der Waals surface area contributed by atoms with Crippen LogP contribution in [0.15, 0.2) is 12.1 Å². The lowest BCUT2D eigenvalue weighted by Crippen LogP contribution is -2.31. The van der Waals surface area contributed by atoms with Crippen LogP contribution in [0, 0.1) is 0 Å². The monoisotopic (exact) mass is 288 g/mol. The number of hydrogen-bond donors (Lipinski definition) is 2. The lowest BCUT2D eigenvalue weighted by molar-refractivity contribution is -0.141. The Labute approximate surface area is 114 Å². The number of nitrogens with one attached hydrogen (secondary N) is 1. The highest BCUT2D eigenvalue weighted by Gasteiger charge is 2.34. The Morgan fingerprint density at radius 3 is 2.70 bits per heavy atom. The second-order valence-electron chi connectivity index (χ2n) is 4.52. The highest BCUT2D eigenvalue weighted by molar-refractivity contribution is 5.97. The minimum absolute atomic E-state index is 0.0102. The molecule has 1 saturated heterocycles. The summed E-state index contributed by atoms with van der Waals surface area (Å²) in [6.45, 7) is 2.41. The number of halogens is 3. The molecule has 20 heavy (non-hydrogen) atoms. The van der Waals surface area contributed by atoms with E-state index in [4.69, 9.17) is 5.73 Å².